The molecule has 0 aromatic heterocycles. The average molecular weight is 686 g/mol. The highest BCUT2D eigenvalue weighted by Crippen LogP contribution is 2.32. The second kappa shape index (κ2) is 15.3. The molecule has 3 saturated heterocycles. The lowest BCUT2D eigenvalue weighted by molar-refractivity contribution is -0.136. The number of nitrogens with zero attached hydrogens (tertiary/aromatic N) is 4. The second-order valence-corrected chi connectivity index (χ2v) is 14.4. The summed E-state index contributed by atoms with van der Waals surface area (Å²) in [5.41, 5.74) is 2.53. The molecule has 5 aliphatic rings. The van der Waals surface area contributed by atoms with Gasteiger partial charge >= 0.3 is 6.09 Å². The van der Waals surface area contributed by atoms with Crippen LogP contribution in [0.25, 0.3) is 0 Å². The smallest absolute Gasteiger partial charge is 0.410 e. The third-order valence-corrected chi connectivity index (χ3v) is 11.1. The summed E-state index contributed by atoms with van der Waals surface area (Å²) >= 11 is 0. The molecule has 0 bridgehead atoms. The summed E-state index contributed by atoms with van der Waals surface area (Å²) in [6, 6.07) is 14.2. The minimum Gasteiger partial charge on any atom is -0.445 e. The maximum Gasteiger partial charge on any atom is 0.410 e. The molecule has 1 N–H and O–H groups in total. The molecule has 0 radical (unpaired) electrons. The molecule has 1 atom stereocenters. The molecule has 266 valence electrons. The van der Waals surface area contributed by atoms with Gasteiger partial charge in [0, 0.05) is 64.5 Å². The molecule has 7 rings (SSSR count). The van der Waals surface area contributed by atoms with E-state index in [1.165, 1.54) is 12.8 Å². The van der Waals surface area contributed by atoms with Gasteiger partial charge in [-0.1, -0.05) is 30.3 Å². The Bertz CT molecular complexity index is 1580. The molecule has 1 unspecified atom stereocenters. The lowest BCUT2D eigenvalue weighted by atomic mass is 9.86. The predicted molar refractivity (Wildman–Crippen MR) is 184 cm³/mol. The van der Waals surface area contributed by atoms with E-state index >= 15 is 0 Å². The number of likely N-dealkylation sites (tertiary alicyclic amines) is 1. The van der Waals surface area contributed by atoms with Crippen molar-refractivity contribution >= 4 is 35.4 Å². The third kappa shape index (κ3) is 7.71. The van der Waals surface area contributed by atoms with Crippen molar-refractivity contribution in [3.8, 4) is 0 Å². The van der Waals surface area contributed by atoms with Crippen molar-refractivity contribution in [1.82, 2.24) is 20.0 Å². The molecule has 1 aliphatic carbocycles. The van der Waals surface area contributed by atoms with Crippen LogP contribution in [0.3, 0.4) is 0 Å². The van der Waals surface area contributed by atoms with Crippen molar-refractivity contribution in [2.24, 2.45) is 11.8 Å². The van der Waals surface area contributed by atoms with Crippen LogP contribution in [-0.4, -0.2) is 109 Å². The number of fused-ring (bicyclic) bond motifs is 1. The fourth-order valence-corrected chi connectivity index (χ4v) is 8.06. The minimum absolute atomic E-state index is 0.104. The van der Waals surface area contributed by atoms with E-state index in [4.69, 9.17) is 9.47 Å². The zero-order valence-electron chi connectivity index (χ0n) is 28.6. The van der Waals surface area contributed by atoms with Gasteiger partial charge in [-0.05, 0) is 80.5 Å². The third-order valence-electron chi connectivity index (χ3n) is 11.1. The van der Waals surface area contributed by atoms with E-state index in [-0.39, 0.29) is 24.8 Å². The van der Waals surface area contributed by atoms with Gasteiger partial charge in [0.25, 0.3) is 11.8 Å². The molecule has 50 heavy (non-hydrogen) atoms. The van der Waals surface area contributed by atoms with Crippen molar-refractivity contribution < 1.29 is 33.4 Å². The molecule has 4 heterocycles. The summed E-state index contributed by atoms with van der Waals surface area (Å²) in [5, 5.41) is 2.24. The van der Waals surface area contributed by atoms with Crippen molar-refractivity contribution in [2.75, 3.05) is 57.3 Å². The van der Waals surface area contributed by atoms with Gasteiger partial charge < -0.3 is 19.3 Å². The summed E-state index contributed by atoms with van der Waals surface area (Å²) < 4.78 is 11.9. The molecule has 12 heteroatoms. The molecular formula is C38H47N5O7. The first-order chi connectivity index (χ1) is 24.3. The van der Waals surface area contributed by atoms with Crippen LogP contribution in [-0.2, 0) is 25.7 Å². The van der Waals surface area contributed by atoms with Gasteiger partial charge in [-0.2, -0.15) is 0 Å². The zero-order valence-corrected chi connectivity index (χ0v) is 28.6. The first kappa shape index (κ1) is 34.2. The van der Waals surface area contributed by atoms with Crippen molar-refractivity contribution in [1.29, 1.82) is 0 Å². The number of nitrogens with one attached hydrogen (secondary N) is 1. The number of piperazine rings is 1. The summed E-state index contributed by atoms with van der Waals surface area (Å²) in [6.45, 7) is 7.12. The van der Waals surface area contributed by atoms with Crippen LogP contribution < -0.4 is 10.2 Å². The molecule has 12 nitrogen and oxygen atoms in total. The first-order valence-corrected chi connectivity index (χ1v) is 18.2. The minimum atomic E-state index is -0.957. The van der Waals surface area contributed by atoms with E-state index in [2.05, 4.69) is 15.1 Å². The number of hydrogen-bond donors (Lipinski definition) is 1. The number of hydrogen-bond acceptors (Lipinski definition) is 9. The van der Waals surface area contributed by atoms with E-state index < -0.39 is 23.8 Å². The Morgan fingerprint density at radius 1 is 0.760 bits per heavy atom. The summed E-state index contributed by atoms with van der Waals surface area (Å²) in [5.74, 6) is -0.784. The summed E-state index contributed by atoms with van der Waals surface area (Å²) in [4.78, 5) is 70.4. The summed E-state index contributed by atoms with van der Waals surface area (Å²) in [6.07, 6.45) is 6.75. The van der Waals surface area contributed by atoms with Gasteiger partial charge in [-0.25, -0.2) is 4.79 Å². The highest BCUT2D eigenvalue weighted by Gasteiger charge is 2.45. The highest BCUT2D eigenvalue weighted by molar-refractivity contribution is 6.23. The Balaban J connectivity index is 0.794. The van der Waals surface area contributed by atoms with Gasteiger partial charge in [0.1, 0.15) is 12.6 Å². The van der Waals surface area contributed by atoms with E-state index in [0.717, 1.165) is 94.3 Å². The highest BCUT2D eigenvalue weighted by atomic mass is 16.6. The van der Waals surface area contributed by atoms with Crippen molar-refractivity contribution in [3.63, 3.8) is 0 Å². The monoisotopic (exact) mass is 685 g/mol. The van der Waals surface area contributed by atoms with Crippen LogP contribution in [0.2, 0.25) is 0 Å². The van der Waals surface area contributed by atoms with E-state index in [1.807, 2.05) is 41.3 Å². The Labute approximate surface area is 293 Å². The number of amides is 5. The quantitative estimate of drug-likeness (QED) is 0.392. The van der Waals surface area contributed by atoms with E-state index in [1.54, 1.807) is 12.1 Å². The molecular weight excluding hydrogens is 638 g/mol. The van der Waals surface area contributed by atoms with Crippen LogP contribution in [0.5, 0.6) is 0 Å². The fourth-order valence-electron chi connectivity index (χ4n) is 8.06. The number of carbonyl (C=O) groups excluding carboxylic acids is 5. The van der Waals surface area contributed by atoms with Gasteiger partial charge in [0.15, 0.2) is 0 Å². The van der Waals surface area contributed by atoms with Gasteiger partial charge in [-0.3, -0.25) is 34.3 Å². The van der Waals surface area contributed by atoms with Gasteiger partial charge in [0.2, 0.25) is 11.8 Å². The number of piperidine rings is 2. The van der Waals surface area contributed by atoms with Crippen molar-refractivity contribution in [3.05, 3.63) is 65.2 Å². The number of anilines is 1. The molecule has 4 fully saturated rings. The van der Waals surface area contributed by atoms with Gasteiger partial charge in [-0.15, -0.1) is 0 Å². The number of benzene rings is 2. The van der Waals surface area contributed by atoms with Crippen LogP contribution in [0.4, 0.5) is 10.5 Å². The zero-order chi connectivity index (χ0) is 34.6. The Morgan fingerprint density at radius 3 is 2.20 bits per heavy atom. The first-order valence-electron chi connectivity index (χ1n) is 18.2. The number of rotatable bonds is 9. The van der Waals surface area contributed by atoms with E-state index in [9.17, 15) is 24.0 Å². The number of ether oxygens (including phenoxy) is 2. The molecule has 5 amide bonds. The molecule has 2 aromatic rings. The maximum atomic E-state index is 13.3. The topological polar surface area (TPSA) is 129 Å². The van der Waals surface area contributed by atoms with Crippen molar-refractivity contribution in [2.45, 2.75) is 70.1 Å². The molecule has 1 saturated carbocycles. The molecule has 0 spiro atoms. The number of carbonyl (C=O) groups is 5. The Kier molecular flexibility index (Phi) is 10.5. The fraction of sp³-hybridized carbons (Fsp3) is 0.553. The Morgan fingerprint density at radius 2 is 1.48 bits per heavy atom. The standard InChI is InChI=1S/C38H47N5O7/c44-34-13-12-33(35(45)39-34)43-36(46)31-11-8-29(22-32(31)37(43)47)41-20-18-40(19-21-41)23-26-6-9-30(10-7-26)49-24-28-14-16-42(17-15-28)38(48)50-25-27-4-2-1-3-5-27/h1-5,8,11,22,26,28,30,33H,6-7,9-10,12-21,23-25H2,(H,39,44,45). The maximum absolute atomic E-state index is 13.3. The molecule has 2 aromatic carbocycles. The largest absolute Gasteiger partial charge is 0.445 e. The second-order valence-electron chi connectivity index (χ2n) is 14.4. The predicted octanol–water partition coefficient (Wildman–Crippen LogP) is 3.83. The van der Waals surface area contributed by atoms with Crippen LogP contribution in [0.15, 0.2) is 48.5 Å². The van der Waals surface area contributed by atoms with Crippen LogP contribution in [0.1, 0.15) is 77.6 Å². The van der Waals surface area contributed by atoms with Gasteiger partial charge in [0.05, 0.1) is 17.2 Å². The number of imide groups is 2. The van der Waals surface area contributed by atoms with E-state index in [0.29, 0.717) is 35.7 Å². The average Bonchev–Trinajstić information content (AvgIpc) is 3.39. The Hall–Kier alpha value is -4.29. The summed E-state index contributed by atoms with van der Waals surface area (Å²) in [7, 11) is 0. The lowest BCUT2D eigenvalue weighted by Crippen LogP contribution is -2.54. The lowest BCUT2D eigenvalue weighted by Gasteiger charge is -2.39. The normalized spacial score (nSPS) is 25.1. The SMILES string of the molecule is O=C1CCC(N2C(=O)c3ccc(N4CCN(CC5CCC(OCC6CCN(C(=O)OCc7ccccc7)CC6)CC5)CC4)cc3C2=O)C(=O)N1. The molecule has 4 aliphatic heterocycles. The van der Waals surface area contributed by atoms with Crippen LogP contribution in [0, 0.1) is 11.8 Å². The van der Waals surface area contributed by atoms with Crippen LogP contribution >= 0.6 is 0 Å².